The van der Waals surface area contributed by atoms with Gasteiger partial charge < -0.3 is 9.80 Å². The van der Waals surface area contributed by atoms with Crippen molar-refractivity contribution in [1.82, 2.24) is 14.8 Å². The summed E-state index contributed by atoms with van der Waals surface area (Å²) in [5.41, 5.74) is 0.804. The molecule has 0 aromatic carbocycles. The molecule has 1 atom stereocenters. The van der Waals surface area contributed by atoms with Crippen molar-refractivity contribution in [3.05, 3.63) is 15.6 Å². The van der Waals surface area contributed by atoms with Crippen molar-refractivity contribution < 1.29 is 9.59 Å². The fourth-order valence-corrected chi connectivity index (χ4v) is 4.28. The second-order valence-electron chi connectivity index (χ2n) is 6.27. The third kappa shape index (κ3) is 3.02. The standard InChI is InChI=1S/C16H23N3O2S/c1-11-14(22-12(2)17-11)16(21)19-9-6-13(10-19)15(20)18-7-4-3-5-8-18/h13H,3-10H2,1-2H3. The molecule has 2 amide bonds. The average molecular weight is 321 g/mol. The summed E-state index contributed by atoms with van der Waals surface area (Å²) in [5.74, 6) is 0.264. The number of rotatable bonds is 2. The maximum Gasteiger partial charge on any atom is 0.265 e. The fraction of sp³-hybridized carbons (Fsp3) is 0.688. The largest absolute Gasteiger partial charge is 0.342 e. The van der Waals surface area contributed by atoms with Crippen molar-refractivity contribution in [1.29, 1.82) is 0 Å². The van der Waals surface area contributed by atoms with Crippen molar-refractivity contribution in [2.24, 2.45) is 5.92 Å². The second kappa shape index (κ2) is 6.36. The van der Waals surface area contributed by atoms with Gasteiger partial charge in [-0.05, 0) is 39.5 Å². The van der Waals surface area contributed by atoms with Crippen LogP contribution in [0.3, 0.4) is 0 Å². The van der Waals surface area contributed by atoms with Gasteiger partial charge in [0.1, 0.15) is 4.88 Å². The Labute approximate surface area is 135 Å². The van der Waals surface area contributed by atoms with Gasteiger partial charge >= 0.3 is 0 Å². The molecule has 1 aromatic rings. The number of likely N-dealkylation sites (tertiary alicyclic amines) is 2. The molecule has 3 heterocycles. The van der Waals surface area contributed by atoms with Crippen LogP contribution in [0.25, 0.3) is 0 Å². The number of carbonyl (C=O) groups is 2. The van der Waals surface area contributed by atoms with E-state index in [2.05, 4.69) is 4.98 Å². The molecule has 1 aromatic heterocycles. The van der Waals surface area contributed by atoms with Gasteiger partial charge in [0.2, 0.25) is 5.91 Å². The number of hydrogen-bond donors (Lipinski definition) is 0. The highest BCUT2D eigenvalue weighted by Crippen LogP contribution is 2.25. The molecule has 0 aliphatic carbocycles. The zero-order chi connectivity index (χ0) is 15.7. The molecular formula is C16H23N3O2S. The van der Waals surface area contributed by atoms with Gasteiger partial charge in [-0.2, -0.15) is 0 Å². The minimum Gasteiger partial charge on any atom is -0.342 e. The van der Waals surface area contributed by atoms with E-state index in [0.29, 0.717) is 13.1 Å². The minimum atomic E-state index is -0.0172. The molecule has 2 fully saturated rings. The number of piperidine rings is 1. The van der Waals surface area contributed by atoms with E-state index < -0.39 is 0 Å². The molecule has 120 valence electrons. The third-order valence-corrected chi connectivity index (χ3v) is 5.65. The normalized spacial score (nSPS) is 22.2. The lowest BCUT2D eigenvalue weighted by atomic mass is 10.0. The first-order chi connectivity index (χ1) is 10.6. The number of carbonyl (C=O) groups excluding carboxylic acids is 2. The van der Waals surface area contributed by atoms with Crippen LogP contribution in [-0.2, 0) is 4.79 Å². The van der Waals surface area contributed by atoms with Crippen molar-refractivity contribution in [2.45, 2.75) is 39.5 Å². The highest BCUT2D eigenvalue weighted by molar-refractivity contribution is 7.13. The van der Waals surface area contributed by atoms with Crippen LogP contribution in [0.2, 0.25) is 0 Å². The molecule has 2 saturated heterocycles. The Hall–Kier alpha value is -1.43. The van der Waals surface area contributed by atoms with Gasteiger partial charge in [0, 0.05) is 26.2 Å². The van der Waals surface area contributed by atoms with E-state index in [1.54, 1.807) is 0 Å². The Kier molecular flexibility index (Phi) is 4.47. The summed E-state index contributed by atoms with van der Waals surface area (Å²) >= 11 is 1.45. The second-order valence-corrected chi connectivity index (χ2v) is 7.47. The molecule has 3 rings (SSSR count). The van der Waals surface area contributed by atoms with Crippen molar-refractivity contribution in [3.8, 4) is 0 Å². The number of aromatic nitrogens is 1. The van der Waals surface area contributed by atoms with E-state index in [0.717, 1.165) is 47.9 Å². The Morgan fingerprint density at radius 1 is 1.09 bits per heavy atom. The molecule has 1 unspecified atom stereocenters. The molecular weight excluding hydrogens is 298 g/mol. The lowest BCUT2D eigenvalue weighted by molar-refractivity contribution is -0.135. The van der Waals surface area contributed by atoms with Gasteiger partial charge in [-0.3, -0.25) is 9.59 Å². The first-order valence-electron chi connectivity index (χ1n) is 8.08. The van der Waals surface area contributed by atoms with Crippen LogP contribution in [-0.4, -0.2) is 52.8 Å². The Bertz CT molecular complexity index is 578. The van der Waals surface area contributed by atoms with Crippen LogP contribution in [0.4, 0.5) is 0 Å². The first kappa shape index (κ1) is 15.5. The lowest BCUT2D eigenvalue weighted by Gasteiger charge is -2.29. The van der Waals surface area contributed by atoms with Gasteiger partial charge in [-0.15, -0.1) is 11.3 Å². The number of aryl methyl sites for hydroxylation is 2. The lowest BCUT2D eigenvalue weighted by Crippen LogP contribution is -2.41. The molecule has 6 heteroatoms. The van der Waals surface area contributed by atoms with Crippen LogP contribution < -0.4 is 0 Å². The maximum atomic E-state index is 12.6. The Balaban J connectivity index is 1.63. The third-order valence-electron chi connectivity index (χ3n) is 4.59. The zero-order valence-corrected chi connectivity index (χ0v) is 14.1. The van der Waals surface area contributed by atoms with E-state index in [1.165, 1.54) is 17.8 Å². The van der Waals surface area contributed by atoms with Crippen molar-refractivity contribution >= 4 is 23.2 Å². The molecule has 0 saturated carbocycles. The van der Waals surface area contributed by atoms with E-state index in [1.807, 2.05) is 23.6 Å². The van der Waals surface area contributed by atoms with Crippen molar-refractivity contribution in [3.63, 3.8) is 0 Å². The van der Waals surface area contributed by atoms with Crippen LogP contribution in [0.5, 0.6) is 0 Å². The predicted molar refractivity (Wildman–Crippen MR) is 86.0 cm³/mol. The fourth-order valence-electron chi connectivity index (χ4n) is 3.39. The predicted octanol–water partition coefficient (Wildman–Crippen LogP) is 2.23. The highest BCUT2D eigenvalue weighted by Gasteiger charge is 2.35. The van der Waals surface area contributed by atoms with Gasteiger partial charge in [-0.25, -0.2) is 4.98 Å². The van der Waals surface area contributed by atoms with E-state index in [4.69, 9.17) is 0 Å². The molecule has 22 heavy (non-hydrogen) atoms. The number of thiazole rings is 1. The summed E-state index contributed by atoms with van der Waals surface area (Å²) in [7, 11) is 0. The summed E-state index contributed by atoms with van der Waals surface area (Å²) in [4.78, 5) is 34.0. The topological polar surface area (TPSA) is 53.5 Å². The van der Waals surface area contributed by atoms with Gasteiger partial charge in [0.15, 0.2) is 0 Å². The molecule has 0 N–H and O–H groups in total. The van der Waals surface area contributed by atoms with Gasteiger partial charge in [0.25, 0.3) is 5.91 Å². The first-order valence-corrected chi connectivity index (χ1v) is 8.90. The minimum absolute atomic E-state index is 0.0172. The average Bonchev–Trinajstić information content (AvgIpc) is 3.13. The molecule has 2 aliphatic rings. The number of amides is 2. The maximum absolute atomic E-state index is 12.6. The number of nitrogens with zero attached hydrogens (tertiary/aromatic N) is 3. The summed E-state index contributed by atoms with van der Waals surface area (Å²) in [6.45, 7) is 6.81. The van der Waals surface area contributed by atoms with Crippen molar-refractivity contribution in [2.75, 3.05) is 26.2 Å². The molecule has 0 spiro atoms. The zero-order valence-electron chi connectivity index (χ0n) is 13.3. The van der Waals surface area contributed by atoms with E-state index >= 15 is 0 Å². The van der Waals surface area contributed by atoms with Crippen LogP contribution in [0.15, 0.2) is 0 Å². The molecule has 5 nitrogen and oxygen atoms in total. The summed E-state index contributed by atoms with van der Waals surface area (Å²) in [5, 5.41) is 0.918. The van der Waals surface area contributed by atoms with Crippen LogP contribution >= 0.6 is 11.3 Å². The summed E-state index contributed by atoms with van der Waals surface area (Å²) in [6, 6.07) is 0. The van der Waals surface area contributed by atoms with Crippen LogP contribution in [0, 0.1) is 19.8 Å². The molecule has 2 aliphatic heterocycles. The van der Waals surface area contributed by atoms with E-state index in [-0.39, 0.29) is 17.7 Å². The molecule has 0 radical (unpaired) electrons. The number of hydrogen-bond acceptors (Lipinski definition) is 4. The van der Waals surface area contributed by atoms with Gasteiger partial charge in [0.05, 0.1) is 16.6 Å². The Morgan fingerprint density at radius 3 is 2.45 bits per heavy atom. The monoisotopic (exact) mass is 321 g/mol. The summed E-state index contributed by atoms with van der Waals surface area (Å²) in [6.07, 6.45) is 4.24. The van der Waals surface area contributed by atoms with Gasteiger partial charge in [-0.1, -0.05) is 0 Å². The molecule has 0 bridgehead atoms. The Morgan fingerprint density at radius 2 is 1.82 bits per heavy atom. The van der Waals surface area contributed by atoms with E-state index in [9.17, 15) is 9.59 Å². The quantitative estimate of drug-likeness (QED) is 0.839. The SMILES string of the molecule is Cc1nc(C)c(C(=O)N2CCC(C(=O)N3CCCCC3)C2)s1. The van der Waals surface area contributed by atoms with Crippen LogP contribution in [0.1, 0.15) is 46.1 Å². The smallest absolute Gasteiger partial charge is 0.265 e. The highest BCUT2D eigenvalue weighted by atomic mass is 32.1. The summed E-state index contributed by atoms with van der Waals surface area (Å²) < 4.78 is 0.